The Bertz CT molecular complexity index is 1070. The highest BCUT2D eigenvalue weighted by atomic mass is 31.2. The molecule has 144 valence electrons. The number of allylic oxidation sites excluding steroid dienone is 3. The van der Waals surface area contributed by atoms with Crippen LogP contribution >= 0.6 is 14.1 Å². The molecule has 2 nitrogen and oxygen atoms in total. The molecule has 28 heavy (non-hydrogen) atoms. The maximum Gasteiger partial charge on any atom is 0.0617 e. The van der Waals surface area contributed by atoms with Crippen LogP contribution in [0.5, 0.6) is 0 Å². The molecular formula is C24H28N2P2. The lowest BCUT2D eigenvalue weighted by Gasteiger charge is -2.44. The fourth-order valence-corrected chi connectivity index (χ4v) is 14.8. The second-order valence-electron chi connectivity index (χ2n) is 8.71. The Morgan fingerprint density at radius 3 is 2.07 bits per heavy atom. The number of rotatable bonds is 2. The SMILES string of the molecule is CC1=C[P@](C)(=Nc2ccccc2)[C@H]2[C@@H]1C[C@H]1C=C[C@@H]2P1(C)=Nc1ccccc1. The van der Waals surface area contributed by atoms with Crippen LogP contribution in [0, 0.1) is 5.92 Å². The lowest BCUT2D eigenvalue weighted by molar-refractivity contribution is 0.539. The Morgan fingerprint density at radius 1 is 0.821 bits per heavy atom. The first-order valence-corrected chi connectivity index (χ1v) is 14.8. The first-order valence-electron chi connectivity index (χ1n) is 10.2. The van der Waals surface area contributed by atoms with Gasteiger partial charge in [-0.15, -0.1) is 0 Å². The molecule has 0 N–H and O–H groups in total. The van der Waals surface area contributed by atoms with Crippen molar-refractivity contribution in [1.29, 1.82) is 0 Å². The smallest absolute Gasteiger partial charge is 0.0617 e. The summed E-state index contributed by atoms with van der Waals surface area (Å²) in [5, 5.41) is 0. The van der Waals surface area contributed by atoms with Gasteiger partial charge in [0.05, 0.1) is 11.4 Å². The van der Waals surface area contributed by atoms with E-state index in [1.165, 1.54) is 6.42 Å². The van der Waals surface area contributed by atoms with E-state index in [1.54, 1.807) is 5.57 Å². The Morgan fingerprint density at radius 2 is 1.43 bits per heavy atom. The Labute approximate surface area is 168 Å². The van der Waals surface area contributed by atoms with Crippen LogP contribution in [-0.2, 0) is 0 Å². The average Bonchev–Trinajstić information content (AvgIpc) is 3.00. The summed E-state index contributed by atoms with van der Waals surface area (Å²) in [6, 6.07) is 21.2. The fraction of sp³-hybridized carbons (Fsp3) is 0.333. The van der Waals surface area contributed by atoms with Gasteiger partial charge in [0.25, 0.3) is 0 Å². The number of benzene rings is 2. The first kappa shape index (κ1) is 18.4. The molecule has 2 aromatic carbocycles. The van der Waals surface area contributed by atoms with Crippen LogP contribution in [0.4, 0.5) is 11.4 Å². The highest BCUT2D eigenvalue weighted by Crippen LogP contribution is 2.77. The summed E-state index contributed by atoms with van der Waals surface area (Å²) in [5.74, 6) is 3.24. The summed E-state index contributed by atoms with van der Waals surface area (Å²) < 4.78 is 10.8. The summed E-state index contributed by atoms with van der Waals surface area (Å²) in [6.07, 6.45) is 6.28. The van der Waals surface area contributed by atoms with Crippen LogP contribution in [0.25, 0.3) is 0 Å². The Balaban J connectivity index is 1.64. The molecule has 3 aliphatic rings. The van der Waals surface area contributed by atoms with E-state index < -0.39 is 14.1 Å². The van der Waals surface area contributed by atoms with Gasteiger partial charge in [-0.3, -0.25) is 9.49 Å². The molecule has 1 unspecified atom stereocenters. The van der Waals surface area contributed by atoms with E-state index in [-0.39, 0.29) is 0 Å². The lowest BCUT2D eigenvalue weighted by atomic mass is 9.92. The van der Waals surface area contributed by atoms with Crippen molar-refractivity contribution in [2.75, 3.05) is 13.3 Å². The molecule has 3 aliphatic heterocycles. The zero-order chi connectivity index (χ0) is 19.4. The van der Waals surface area contributed by atoms with Crippen molar-refractivity contribution < 1.29 is 0 Å². The topological polar surface area (TPSA) is 24.7 Å². The molecular weight excluding hydrogens is 378 g/mol. The van der Waals surface area contributed by atoms with Crippen LogP contribution < -0.4 is 0 Å². The molecule has 1 saturated heterocycles. The van der Waals surface area contributed by atoms with Crippen molar-refractivity contribution >= 4 is 25.5 Å². The second-order valence-corrected chi connectivity index (χ2v) is 15.6. The van der Waals surface area contributed by atoms with E-state index in [4.69, 9.17) is 9.49 Å². The van der Waals surface area contributed by atoms with Gasteiger partial charge in [0, 0.05) is 24.0 Å². The summed E-state index contributed by atoms with van der Waals surface area (Å²) in [7, 11) is -3.07. The third-order valence-electron chi connectivity index (χ3n) is 6.89. The number of hydrogen-bond acceptors (Lipinski definition) is 2. The second kappa shape index (κ2) is 6.72. The van der Waals surface area contributed by atoms with E-state index in [0.29, 0.717) is 22.9 Å². The van der Waals surface area contributed by atoms with Crippen molar-refractivity contribution in [2.24, 2.45) is 15.4 Å². The molecule has 0 saturated carbocycles. The predicted octanol–water partition coefficient (Wildman–Crippen LogP) is 7.92. The molecule has 0 aliphatic carbocycles. The van der Waals surface area contributed by atoms with E-state index in [9.17, 15) is 0 Å². The highest BCUT2D eigenvalue weighted by Gasteiger charge is 2.55. The molecule has 0 spiro atoms. The van der Waals surface area contributed by atoms with E-state index >= 15 is 0 Å². The normalized spacial score (nSPS) is 38.0. The standard InChI is InChI=1S/C24H28N2P2/c1-18-17-27(2,25-19-10-6-4-7-11-19)24-22(18)16-21-14-15-23(24)28(21,3)26-20-12-8-5-9-13-20/h4-15,17,21-24H,16H2,1-3H3/t21-,22-,23+,24+,27+,28?/m1/s1. The van der Waals surface area contributed by atoms with Crippen molar-refractivity contribution in [2.45, 2.75) is 30.3 Å². The van der Waals surface area contributed by atoms with Crippen molar-refractivity contribution in [3.05, 3.63) is 84.2 Å². The summed E-state index contributed by atoms with van der Waals surface area (Å²) >= 11 is 0. The third kappa shape index (κ3) is 2.85. The van der Waals surface area contributed by atoms with Crippen LogP contribution in [0.2, 0.25) is 0 Å². The molecule has 0 amide bonds. The van der Waals surface area contributed by atoms with E-state index in [1.807, 2.05) is 0 Å². The first-order chi connectivity index (χ1) is 13.5. The molecule has 0 aromatic heterocycles. The fourth-order valence-electron chi connectivity index (χ4n) is 5.61. The number of fused-ring (bicyclic) bond motifs is 4. The van der Waals surface area contributed by atoms with Crippen molar-refractivity contribution in [1.82, 2.24) is 0 Å². The summed E-state index contributed by atoms with van der Waals surface area (Å²) in [6.45, 7) is 7.29. The average molecular weight is 406 g/mol. The van der Waals surface area contributed by atoms with Gasteiger partial charge in [0.15, 0.2) is 0 Å². The number of nitrogens with zero attached hydrogens (tertiary/aromatic N) is 2. The van der Waals surface area contributed by atoms with Crippen LogP contribution in [0.3, 0.4) is 0 Å². The van der Waals surface area contributed by atoms with Crippen LogP contribution in [0.1, 0.15) is 13.3 Å². The summed E-state index contributed by atoms with van der Waals surface area (Å²) in [5.41, 5.74) is 5.67. The molecule has 1 fully saturated rings. The highest BCUT2D eigenvalue weighted by molar-refractivity contribution is 7.73. The number of hydrogen-bond donors (Lipinski definition) is 0. The van der Waals surface area contributed by atoms with Gasteiger partial charge in [-0.2, -0.15) is 0 Å². The minimum atomic E-state index is -1.58. The largest absolute Gasteiger partial charge is 0.267 e. The molecule has 2 aromatic rings. The maximum atomic E-state index is 5.43. The lowest BCUT2D eigenvalue weighted by Crippen LogP contribution is -2.35. The van der Waals surface area contributed by atoms with Gasteiger partial charge in [-0.05, 0) is 69.7 Å². The Hall–Kier alpha value is -1.62. The van der Waals surface area contributed by atoms with Gasteiger partial charge >= 0.3 is 0 Å². The molecule has 5 rings (SSSR count). The van der Waals surface area contributed by atoms with Gasteiger partial charge in [-0.25, -0.2) is 0 Å². The molecule has 0 radical (unpaired) electrons. The van der Waals surface area contributed by atoms with Gasteiger partial charge in [0.1, 0.15) is 0 Å². The molecule has 6 atom stereocenters. The zero-order valence-corrected chi connectivity index (χ0v) is 18.6. The Kier molecular flexibility index (Phi) is 4.42. The van der Waals surface area contributed by atoms with E-state index in [0.717, 1.165) is 11.4 Å². The minimum Gasteiger partial charge on any atom is -0.267 e. The van der Waals surface area contributed by atoms with Gasteiger partial charge < -0.3 is 0 Å². The molecule has 4 heteroatoms. The third-order valence-corrected chi connectivity index (χ3v) is 14.7. The molecule has 3 heterocycles. The quantitative estimate of drug-likeness (QED) is 0.357. The predicted molar refractivity (Wildman–Crippen MR) is 125 cm³/mol. The van der Waals surface area contributed by atoms with Crippen molar-refractivity contribution in [3.8, 4) is 0 Å². The minimum absolute atomic E-state index is 0.566. The maximum absolute atomic E-state index is 5.43. The van der Waals surface area contributed by atoms with E-state index in [2.05, 4.69) is 98.9 Å². The monoisotopic (exact) mass is 406 g/mol. The van der Waals surface area contributed by atoms with Crippen LogP contribution in [0.15, 0.2) is 93.7 Å². The van der Waals surface area contributed by atoms with Gasteiger partial charge in [0.2, 0.25) is 0 Å². The van der Waals surface area contributed by atoms with Crippen molar-refractivity contribution in [3.63, 3.8) is 0 Å². The van der Waals surface area contributed by atoms with Crippen LogP contribution in [-0.4, -0.2) is 30.3 Å². The molecule has 2 bridgehead atoms. The zero-order valence-electron chi connectivity index (χ0n) is 16.8. The summed E-state index contributed by atoms with van der Waals surface area (Å²) in [4.78, 5) is 0. The van der Waals surface area contributed by atoms with Gasteiger partial charge in [-0.1, -0.05) is 54.1 Å².